The van der Waals surface area contributed by atoms with E-state index >= 15 is 0 Å². The van der Waals surface area contributed by atoms with Crippen LogP contribution in [0, 0.1) is 0 Å². The highest BCUT2D eigenvalue weighted by Gasteiger charge is 2.43. The molecule has 0 bridgehead atoms. The summed E-state index contributed by atoms with van der Waals surface area (Å²) in [6.45, 7) is 2.49. The van der Waals surface area contributed by atoms with Crippen molar-refractivity contribution in [2.45, 2.75) is 24.8 Å². The number of anilines is 3. The number of carbonyl (C=O) groups is 2. The van der Waals surface area contributed by atoms with E-state index in [-0.39, 0.29) is 11.3 Å². The van der Waals surface area contributed by atoms with Gasteiger partial charge in [0.1, 0.15) is 5.82 Å². The number of benzene rings is 2. The molecule has 0 unspecified atom stereocenters. The molecule has 34 heavy (non-hydrogen) atoms. The van der Waals surface area contributed by atoms with Gasteiger partial charge in [-0.2, -0.15) is 0 Å². The molecule has 1 fully saturated rings. The number of nitrogens with one attached hydrogen (secondary N) is 1. The van der Waals surface area contributed by atoms with Gasteiger partial charge in [-0.1, -0.05) is 36.4 Å². The molecule has 2 amide bonds. The minimum atomic E-state index is -0.871. The molecule has 174 valence electrons. The Morgan fingerprint density at radius 3 is 2.44 bits per heavy atom. The summed E-state index contributed by atoms with van der Waals surface area (Å²) in [5.74, 6) is 0.548. The number of pyridine rings is 1. The maximum Gasteiger partial charge on any atom is 0.407 e. The molecule has 3 aromatic rings. The van der Waals surface area contributed by atoms with Crippen molar-refractivity contribution in [3.05, 3.63) is 83.6 Å². The Kier molecular flexibility index (Phi) is 5.57. The number of nitrogens with two attached hydrogens (primary N) is 1. The van der Waals surface area contributed by atoms with E-state index in [0.29, 0.717) is 30.0 Å². The molecular weight excluding hydrogens is 430 g/mol. The summed E-state index contributed by atoms with van der Waals surface area (Å²) in [6, 6.07) is 18.9. The van der Waals surface area contributed by atoms with E-state index in [0.717, 1.165) is 37.3 Å². The number of carboxylic acid groups (broad SMARTS) is 1. The summed E-state index contributed by atoms with van der Waals surface area (Å²) in [5.41, 5.74) is 9.63. The molecule has 3 heterocycles. The number of amides is 2. The van der Waals surface area contributed by atoms with E-state index < -0.39 is 6.09 Å². The average molecular weight is 458 g/mol. The normalized spacial score (nSPS) is 16.7. The van der Waals surface area contributed by atoms with Gasteiger partial charge in [0.05, 0.1) is 16.9 Å². The van der Waals surface area contributed by atoms with Gasteiger partial charge in [-0.3, -0.25) is 4.79 Å². The van der Waals surface area contributed by atoms with Crippen LogP contribution >= 0.6 is 0 Å². The van der Waals surface area contributed by atoms with Crippen LogP contribution < -0.4 is 16.0 Å². The molecule has 0 radical (unpaired) electrons. The zero-order valence-electron chi connectivity index (χ0n) is 18.8. The van der Waals surface area contributed by atoms with Crippen molar-refractivity contribution in [1.82, 2.24) is 9.88 Å². The molecule has 8 heteroatoms. The van der Waals surface area contributed by atoms with Gasteiger partial charge in [0.2, 0.25) is 0 Å². The topological polar surface area (TPSA) is 112 Å². The average Bonchev–Trinajstić information content (AvgIpc) is 2.86. The maximum absolute atomic E-state index is 12.6. The highest BCUT2D eigenvalue weighted by molar-refractivity contribution is 6.05. The molecule has 0 saturated carbocycles. The molecule has 8 nitrogen and oxygen atoms in total. The number of aromatic nitrogens is 1. The quantitative estimate of drug-likeness (QED) is 0.514. The third kappa shape index (κ3) is 4.03. The lowest BCUT2D eigenvalue weighted by atomic mass is 9.69. The Morgan fingerprint density at radius 2 is 1.74 bits per heavy atom. The van der Waals surface area contributed by atoms with Gasteiger partial charge in [-0.05, 0) is 48.2 Å². The number of hydrogen-bond acceptors (Lipinski definition) is 5. The first-order chi connectivity index (χ1) is 16.4. The number of piperidine rings is 1. The van der Waals surface area contributed by atoms with E-state index in [2.05, 4.69) is 21.3 Å². The summed E-state index contributed by atoms with van der Waals surface area (Å²) in [6.07, 6.45) is 2.38. The fourth-order valence-corrected chi connectivity index (χ4v) is 5.13. The van der Waals surface area contributed by atoms with Crippen molar-refractivity contribution in [3.63, 3.8) is 0 Å². The molecule has 2 aliphatic heterocycles. The van der Waals surface area contributed by atoms with E-state index in [1.165, 1.54) is 10.5 Å². The van der Waals surface area contributed by atoms with Gasteiger partial charge in [0.15, 0.2) is 0 Å². The number of fused-ring (bicyclic) bond motifs is 2. The monoisotopic (exact) mass is 457 g/mol. The van der Waals surface area contributed by atoms with E-state index in [1.54, 1.807) is 24.4 Å². The fourth-order valence-electron chi connectivity index (χ4n) is 5.13. The molecule has 5 rings (SSSR count). The number of nitrogen functional groups attached to an aromatic ring is 1. The lowest BCUT2D eigenvalue weighted by Gasteiger charge is -2.48. The summed E-state index contributed by atoms with van der Waals surface area (Å²) >= 11 is 0. The first-order valence-electron chi connectivity index (χ1n) is 11.4. The molecule has 1 spiro atoms. The van der Waals surface area contributed by atoms with E-state index in [1.807, 2.05) is 36.4 Å². The van der Waals surface area contributed by atoms with Crippen molar-refractivity contribution in [1.29, 1.82) is 0 Å². The van der Waals surface area contributed by atoms with Crippen molar-refractivity contribution in [2.75, 3.05) is 35.6 Å². The summed E-state index contributed by atoms with van der Waals surface area (Å²) in [7, 11) is 0. The first kappa shape index (κ1) is 21.8. The molecule has 2 aliphatic rings. The molecule has 1 aromatic heterocycles. The second-order valence-corrected chi connectivity index (χ2v) is 9.01. The lowest BCUT2D eigenvalue weighted by molar-refractivity contribution is 0.102. The maximum atomic E-state index is 12.6. The van der Waals surface area contributed by atoms with Crippen LogP contribution in [-0.2, 0) is 12.0 Å². The van der Waals surface area contributed by atoms with Crippen LogP contribution in [0.5, 0.6) is 0 Å². The second kappa shape index (κ2) is 8.70. The second-order valence-electron chi connectivity index (χ2n) is 9.01. The third-order valence-electron chi connectivity index (χ3n) is 6.98. The third-order valence-corrected chi connectivity index (χ3v) is 6.98. The number of rotatable bonds is 3. The molecular formula is C26H27N5O3. The van der Waals surface area contributed by atoms with Crippen LogP contribution in [-0.4, -0.2) is 46.6 Å². The predicted octanol–water partition coefficient (Wildman–Crippen LogP) is 3.95. The standard InChI is InChI=1S/C26H27N5O3/c27-21-7-3-4-8-22(21)29-24(32)18-9-10-23(28-15-18)30-13-11-26(12-14-30)17-31(25(33)34)16-19-5-1-2-6-20(19)26/h1-10,15H,11-14,16-17,27H2,(H,29,32)(H,33,34). The highest BCUT2D eigenvalue weighted by Crippen LogP contribution is 2.42. The van der Waals surface area contributed by atoms with Gasteiger partial charge in [0.25, 0.3) is 5.91 Å². The highest BCUT2D eigenvalue weighted by atomic mass is 16.4. The van der Waals surface area contributed by atoms with Crippen LogP contribution in [0.25, 0.3) is 0 Å². The molecule has 2 aromatic carbocycles. The Morgan fingerprint density at radius 1 is 1.00 bits per heavy atom. The predicted molar refractivity (Wildman–Crippen MR) is 131 cm³/mol. The van der Waals surface area contributed by atoms with Crippen LogP contribution in [0.2, 0.25) is 0 Å². The number of nitrogens with zero attached hydrogens (tertiary/aromatic N) is 3. The van der Waals surface area contributed by atoms with E-state index in [4.69, 9.17) is 5.73 Å². The van der Waals surface area contributed by atoms with E-state index in [9.17, 15) is 14.7 Å². The first-order valence-corrected chi connectivity index (χ1v) is 11.4. The van der Waals surface area contributed by atoms with Crippen LogP contribution in [0.3, 0.4) is 0 Å². The van der Waals surface area contributed by atoms with Crippen LogP contribution in [0.15, 0.2) is 66.9 Å². The molecule has 1 saturated heterocycles. The zero-order chi connectivity index (χ0) is 23.7. The van der Waals surface area contributed by atoms with Gasteiger partial charge < -0.3 is 26.0 Å². The summed E-state index contributed by atoms with van der Waals surface area (Å²) in [4.78, 5) is 32.6. The van der Waals surface area contributed by atoms with Gasteiger partial charge in [0, 0.05) is 37.8 Å². The molecule has 0 atom stereocenters. The minimum absolute atomic E-state index is 0.181. The SMILES string of the molecule is Nc1ccccc1NC(=O)c1ccc(N2CCC3(CC2)CN(C(=O)O)Cc2ccccc23)nc1. The smallest absolute Gasteiger partial charge is 0.407 e. The largest absolute Gasteiger partial charge is 0.465 e. The van der Waals surface area contributed by atoms with Gasteiger partial charge in [-0.25, -0.2) is 9.78 Å². The van der Waals surface area contributed by atoms with Crippen molar-refractivity contribution < 1.29 is 14.7 Å². The zero-order valence-corrected chi connectivity index (χ0v) is 18.8. The van der Waals surface area contributed by atoms with Crippen LogP contribution in [0.1, 0.15) is 34.3 Å². The van der Waals surface area contributed by atoms with Crippen molar-refractivity contribution >= 4 is 29.2 Å². The number of para-hydroxylation sites is 2. The van der Waals surface area contributed by atoms with Gasteiger partial charge in [-0.15, -0.1) is 0 Å². The molecule has 4 N–H and O–H groups in total. The minimum Gasteiger partial charge on any atom is -0.465 e. The Labute approximate surface area is 198 Å². The summed E-state index contributed by atoms with van der Waals surface area (Å²) < 4.78 is 0. The Hall–Kier alpha value is -4.07. The van der Waals surface area contributed by atoms with Crippen molar-refractivity contribution in [3.8, 4) is 0 Å². The fraction of sp³-hybridized carbons (Fsp3) is 0.269. The van der Waals surface area contributed by atoms with Crippen molar-refractivity contribution in [2.24, 2.45) is 0 Å². The Balaban J connectivity index is 1.28. The van der Waals surface area contributed by atoms with Crippen LogP contribution in [0.4, 0.5) is 22.0 Å². The molecule has 0 aliphatic carbocycles. The number of carbonyl (C=O) groups excluding carboxylic acids is 1. The summed E-state index contributed by atoms with van der Waals surface area (Å²) in [5, 5.41) is 12.5. The number of hydrogen-bond donors (Lipinski definition) is 3. The van der Waals surface area contributed by atoms with Gasteiger partial charge >= 0.3 is 6.09 Å². The Bertz CT molecular complexity index is 1220. The lowest BCUT2D eigenvalue weighted by Crippen LogP contribution is -2.53.